The van der Waals surface area contributed by atoms with Crippen LogP contribution in [0.2, 0.25) is 0 Å². The summed E-state index contributed by atoms with van der Waals surface area (Å²) in [7, 11) is 0. The quantitative estimate of drug-likeness (QED) is 0.850. The van der Waals surface area contributed by atoms with Crippen LogP contribution in [-0.4, -0.2) is 45.7 Å². The van der Waals surface area contributed by atoms with E-state index in [0.717, 1.165) is 0 Å². The SMILES string of the molecule is O=C(O)[C@@H]1CSCN1C(=O)C1CCC(C(F)(F)F)CC1. The summed E-state index contributed by atoms with van der Waals surface area (Å²) in [6, 6.07) is -0.840. The highest BCUT2D eigenvalue weighted by Gasteiger charge is 2.44. The molecule has 1 aliphatic carbocycles. The Balaban J connectivity index is 1.93. The molecule has 2 rings (SSSR count). The summed E-state index contributed by atoms with van der Waals surface area (Å²) >= 11 is 1.36. The van der Waals surface area contributed by atoms with Gasteiger partial charge in [-0.2, -0.15) is 13.2 Å². The molecule has 1 atom stereocenters. The van der Waals surface area contributed by atoms with Gasteiger partial charge >= 0.3 is 12.1 Å². The van der Waals surface area contributed by atoms with Crippen LogP contribution in [0.1, 0.15) is 25.7 Å². The van der Waals surface area contributed by atoms with Gasteiger partial charge in [0.05, 0.1) is 11.8 Å². The van der Waals surface area contributed by atoms with Crippen LogP contribution in [0.5, 0.6) is 0 Å². The van der Waals surface area contributed by atoms with Crippen molar-refractivity contribution in [3.8, 4) is 0 Å². The van der Waals surface area contributed by atoms with Gasteiger partial charge in [0.25, 0.3) is 0 Å². The van der Waals surface area contributed by atoms with E-state index < -0.39 is 30.0 Å². The number of nitrogens with zero attached hydrogens (tertiary/aromatic N) is 1. The van der Waals surface area contributed by atoms with E-state index in [0.29, 0.717) is 11.6 Å². The first-order chi connectivity index (χ1) is 9.30. The highest BCUT2D eigenvalue weighted by Crippen LogP contribution is 2.40. The van der Waals surface area contributed by atoms with Crippen molar-refractivity contribution >= 4 is 23.6 Å². The fourth-order valence-corrected chi connectivity index (χ4v) is 3.92. The first kappa shape index (κ1) is 15.5. The maximum atomic E-state index is 12.6. The second-order valence-electron chi connectivity index (χ2n) is 5.25. The van der Waals surface area contributed by atoms with Crippen LogP contribution >= 0.6 is 11.8 Å². The number of carbonyl (C=O) groups is 2. The zero-order chi connectivity index (χ0) is 14.9. The molecule has 20 heavy (non-hydrogen) atoms. The van der Waals surface area contributed by atoms with Gasteiger partial charge in [-0.1, -0.05) is 0 Å². The molecule has 1 N–H and O–H groups in total. The molecule has 0 bridgehead atoms. The molecule has 1 heterocycles. The van der Waals surface area contributed by atoms with Gasteiger partial charge in [0.15, 0.2) is 0 Å². The van der Waals surface area contributed by atoms with E-state index in [1.807, 2.05) is 0 Å². The minimum absolute atomic E-state index is 0.0430. The molecule has 1 aliphatic heterocycles. The number of amides is 1. The minimum Gasteiger partial charge on any atom is -0.480 e. The van der Waals surface area contributed by atoms with E-state index in [-0.39, 0.29) is 31.6 Å². The summed E-state index contributed by atoms with van der Waals surface area (Å²) in [4.78, 5) is 24.6. The van der Waals surface area contributed by atoms with Crippen molar-refractivity contribution in [2.75, 3.05) is 11.6 Å². The molecule has 0 radical (unpaired) electrons. The number of halogens is 3. The zero-order valence-electron chi connectivity index (χ0n) is 10.7. The molecule has 2 fully saturated rings. The first-order valence-electron chi connectivity index (χ1n) is 6.48. The second-order valence-corrected chi connectivity index (χ2v) is 6.25. The van der Waals surface area contributed by atoms with Crippen LogP contribution in [0.4, 0.5) is 13.2 Å². The first-order valence-corrected chi connectivity index (χ1v) is 7.64. The van der Waals surface area contributed by atoms with Crippen LogP contribution in [0.3, 0.4) is 0 Å². The standard InChI is InChI=1S/C12H16F3NO3S/c13-12(14,15)8-3-1-7(2-4-8)10(17)16-6-20-5-9(16)11(18)19/h7-9H,1-6H2,(H,18,19)/t7?,8?,9-/m0/s1. The number of carbonyl (C=O) groups excluding carboxylic acids is 1. The maximum Gasteiger partial charge on any atom is 0.391 e. The Bertz CT molecular complexity index is 394. The van der Waals surface area contributed by atoms with E-state index in [9.17, 15) is 22.8 Å². The van der Waals surface area contributed by atoms with Crippen LogP contribution in [0.15, 0.2) is 0 Å². The van der Waals surface area contributed by atoms with Gasteiger partial charge in [-0.15, -0.1) is 11.8 Å². The number of thioether (sulfide) groups is 1. The molecular formula is C12H16F3NO3S. The average Bonchev–Trinajstić information content (AvgIpc) is 2.86. The predicted octanol–water partition coefficient (Wildman–Crippen LogP) is 2.34. The Hall–Kier alpha value is -0.920. The normalized spacial score (nSPS) is 31.4. The van der Waals surface area contributed by atoms with Crippen molar-refractivity contribution in [2.24, 2.45) is 11.8 Å². The molecule has 8 heteroatoms. The van der Waals surface area contributed by atoms with Crippen molar-refractivity contribution in [3.05, 3.63) is 0 Å². The van der Waals surface area contributed by atoms with E-state index in [1.165, 1.54) is 16.7 Å². The smallest absolute Gasteiger partial charge is 0.391 e. The van der Waals surface area contributed by atoms with E-state index in [2.05, 4.69) is 0 Å². The van der Waals surface area contributed by atoms with Crippen molar-refractivity contribution < 1.29 is 27.9 Å². The fraction of sp³-hybridized carbons (Fsp3) is 0.833. The molecule has 4 nitrogen and oxygen atoms in total. The average molecular weight is 311 g/mol. The highest BCUT2D eigenvalue weighted by molar-refractivity contribution is 7.99. The van der Waals surface area contributed by atoms with E-state index >= 15 is 0 Å². The van der Waals surface area contributed by atoms with Crippen molar-refractivity contribution in [1.82, 2.24) is 4.90 Å². The Labute approximate surface area is 118 Å². The molecule has 2 aliphatic rings. The molecule has 0 unspecified atom stereocenters. The molecule has 0 aromatic heterocycles. The van der Waals surface area contributed by atoms with Gasteiger partial charge in [-0.3, -0.25) is 4.79 Å². The molecule has 1 saturated carbocycles. The lowest BCUT2D eigenvalue weighted by Gasteiger charge is -2.32. The number of rotatable bonds is 2. The summed E-state index contributed by atoms with van der Waals surface area (Å²) < 4.78 is 37.7. The van der Waals surface area contributed by atoms with Crippen LogP contribution in [0.25, 0.3) is 0 Å². The topological polar surface area (TPSA) is 57.6 Å². The minimum atomic E-state index is -4.19. The summed E-state index contributed by atoms with van der Waals surface area (Å²) in [6.07, 6.45) is -3.90. The second kappa shape index (κ2) is 5.83. The van der Waals surface area contributed by atoms with Gasteiger partial charge in [0, 0.05) is 11.7 Å². The molecular weight excluding hydrogens is 295 g/mol. The molecule has 1 saturated heterocycles. The lowest BCUT2D eigenvalue weighted by Crippen LogP contribution is -2.45. The van der Waals surface area contributed by atoms with Crippen LogP contribution in [-0.2, 0) is 9.59 Å². The molecule has 1 amide bonds. The molecule has 0 spiro atoms. The third-order valence-corrected chi connectivity index (χ3v) is 5.00. The van der Waals surface area contributed by atoms with Crippen molar-refractivity contribution in [3.63, 3.8) is 0 Å². The lowest BCUT2D eigenvalue weighted by atomic mass is 9.81. The van der Waals surface area contributed by atoms with E-state index in [1.54, 1.807) is 0 Å². The van der Waals surface area contributed by atoms with Crippen molar-refractivity contribution in [1.29, 1.82) is 0 Å². The van der Waals surface area contributed by atoms with Gasteiger partial charge in [0.1, 0.15) is 6.04 Å². The third-order valence-electron chi connectivity index (χ3n) is 3.99. The Morgan fingerprint density at radius 3 is 2.25 bits per heavy atom. The summed E-state index contributed by atoms with van der Waals surface area (Å²) in [5.74, 6) is -2.48. The zero-order valence-corrected chi connectivity index (χ0v) is 11.5. The largest absolute Gasteiger partial charge is 0.480 e. The fourth-order valence-electron chi connectivity index (χ4n) is 2.77. The Kier molecular flexibility index (Phi) is 4.51. The van der Waals surface area contributed by atoms with Gasteiger partial charge in [0.2, 0.25) is 5.91 Å². The van der Waals surface area contributed by atoms with Gasteiger partial charge in [-0.05, 0) is 25.7 Å². The monoisotopic (exact) mass is 311 g/mol. The Morgan fingerprint density at radius 2 is 1.75 bits per heavy atom. The number of alkyl halides is 3. The predicted molar refractivity (Wildman–Crippen MR) is 67.1 cm³/mol. The summed E-state index contributed by atoms with van der Waals surface area (Å²) in [5.41, 5.74) is 0. The van der Waals surface area contributed by atoms with Crippen LogP contribution in [0, 0.1) is 11.8 Å². The highest BCUT2D eigenvalue weighted by atomic mass is 32.2. The molecule has 114 valence electrons. The third kappa shape index (κ3) is 3.21. The lowest BCUT2D eigenvalue weighted by molar-refractivity contribution is -0.185. The number of hydrogen-bond donors (Lipinski definition) is 1. The number of carboxylic acid groups (broad SMARTS) is 1. The molecule has 0 aromatic rings. The summed E-state index contributed by atoms with van der Waals surface area (Å²) in [5, 5.41) is 9.02. The van der Waals surface area contributed by atoms with Crippen molar-refractivity contribution in [2.45, 2.75) is 37.9 Å². The molecule has 0 aromatic carbocycles. The maximum absolute atomic E-state index is 12.6. The number of carboxylic acids is 1. The van der Waals surface area contributed by atoms with Gasteiger partial charge in [-0.25, -0.2) is 4.79 Å². The van der Waals surface area contributed by atoms with Crippen LogP contribution < -0.4 is 0 Å². The van der Waals surface area contributed by atoms with Gasteiger partial charge < -0.3 is 10.0 Å². The Morgan fingerprint density at radius 1 is 1.15 bits per heavy atom. The summed E-state index contributed by atoms with van der Waals surface area (Å²) in [6.45, 7) is 0. The number of hydrogen-bond acceptors (Lipinski definition) is 3. The van der Waals surface area contributed by atoms with E-state index in [4.69, 9.17) is 5.11 Å². The number of aliphatic carboxylic acids is 1.